The van der Waals surface area contributed by atoms with Crippen molar-refractivity contribution in [2.24, 2.45) is 0 Å². The quantitative estimate of drug-likeness (QED) is 0.341. The van der Waals surface area contributed by atoms with Crippen LogP contribution >= 0.6 is 0 Å². The Morgan fingerprint density at radius 3 is 2.42 bits per heavy atom. The van der Waals surface area contributed by atoms with Crippen LogP contribution in [0.25, 0.3) is 22.4 Å². The van der Waals surface area contributed by atoms with Crippen LogP contribution in [0.5, 0.6) is 5.75 Å². The van der Waals surface area contributed by atoms with Gasteiger partial charge < -0.3 is 20.4 Å². The molecule has 0 atom stereocenters. The largest absolute Gasteiger partial charge is 0.497 e. The van der Waals surface area contributed by atoms with Gasteiger partial charge in [-0.3, -0.25) is 9.59 Å². The number of carbonyl (C=O) groups excluding carboxylic acids is 2. The second-order valence-corrected chi connectivity index (χ2v) is 7.66. The molecule has 3 aromatic carbocycles. The predicted octanol–water partition coefficient (Wildman–Crippen LogP) is 4.06. The molecule has 0 radical (unpaired) electrons. The molecule has 1 aromatic heterocycles. The van der Waals surface area contributed by atoms with Crippen molar-refractivity contribution in [2.75, 3.05) is 13.7 Å². The first-order chi connectivity index (χ1) is 16.1. The Balaban J connectivity index is 1.18. The number of carbonyl (C=O) groups is 2. The minimum Gasteiger partial charge on any atom is -0.497 e. The highest BCUT2D eigenvalue weighted by Gasteiger charge is 2.07. The van der Waals surface area contributed by atoms with E-state index in [4.69, 9.17) is 4.74 Å². The van der Waals surface area contributed by atoms with E-state index < -0.39 is 0 Å². The SMILES string of the molecule is COc1ccc(C(=O)NCCCC(=O)NCc2ccc(-c3nc4ccccc4[nH]3)cc2)cc1. The lowest BCUT2D eigenvalue weighted by atomic mass is 10.1. The molecule has 33 heavy (non-hydrogen) atoms. The van der Waals surface area contributed by atoms with Gasteiger partial charge in [0.05, 0.1) is 18.1 Å². The first-order valence-corrected chi connectivity index (χ1v) is 10.9. The van der Waals surface area contributed by atoms with Crippen LogP contribution in [0.3, 0.4) is 0 Å². The fourth-order valence-electron chi connectivity index (χ4n) is 3.45. The van der Waals surface area contributed by atoms with Gasteiger partial charge in [0.15, 0.2) is 0 Å². The van der Waals surface area contributed by atoms with Crippen molar-refractivity contribution in [1.82, 2.24) is 20.6 Å². The number of benzene rings is 3. The van der Waals surface area contributed by atoms with E-state index in [1.165, 1.54) is 0 Å². The molecule has 0 unspecified atom stereocenters. The zero-order chi connectivity index (χ0) is 23.0. The van der Waals surface area contributed by atoms with Gasteiger partial charge in [-0.15, -0.1) is 0 Å². The van der Waals surface area contributed by atoms with Crippen molar-refractivity contribution >= 4 is 22.8 Å². The number of methoxy groups -OCH3 is 1. The van der Waals surface area contributed by atoms with E-state index in [0.717, 1.165) is 28.0 Å². The van der Waals surface area contributed by atoms with E-state index in [2.05, 4.69) is 20.6 Å². The molecule has 0 aliphatic rings. The Morgan fingerprint density at radius 2 is 1.70 bits per heavy atom. The summed E-state index contributed by atoms with van der Waals surface area (Å²) in [5.74, 6) is 1.31. The molecule has 0 bridgehead atoms. The molecule has 1 heterocycles. The van der Waals surface area contributed by atoms with E-state index >= 15 is 0 Å². The van der Waals surface area contributed by atoms with E-state index in [0.29, 0.717) is 37.2 Å². The molecule has 0 aliphatic heterocycles. The summed E-state index contributed by atoms with van der Waals surface area (Å²) in [6.07, 6.45) is 0.915. The summed E-state index contributed by atoms with van der Waals surface area (Å²) in [6, 6.07) is 22.8. The number of nitrogens with one attached hydrogen (secondary N) is 3. The van der Waals surface area contributed by atoms with Gasteiger partial charge in [0.2, 0.25) is 5.91 Å². The molecule has 4 rings (SSSR count). The number of aromatic nitrogens is 2. The van der Waals surface area contributed by atoms with Crippen LogP contribution in [0.15, 0.2) is 72.8 Å². The molecular formula is C26H26N4O3. The standard InChI is InChI=1S/C26H26N4O3/c1-33-21-14-12-20(13-15-21)26(32)27-16-4-7-24(31)28-17-18-8-10-19(11-9-18)25-29-22-5-2-3-6-23(22)30-25/h2-3,5-6,8-15H,4,7,16-17H2,1H3,(H,27,32)(H,28,31)(H,29,30). The lowest BCUT2D eigenvalue weighted by Gasteiger charge is -2.08. The maximum absolute atomic E-state index is 12.1. The molecule has 3 N–H and O–H groups in total. The van der Waals surface area contributed by atoms with Gasteiger partial charge in [-0.2, -0.15) is 0 Å². The molecular weight excluding hydrogens is 416 g/mol. The summed E-state index contributed by atoms with van der Waals surface area (Å²) in [6.45, 7) is 0.891. The Morgan fingerprint density at radius 1 is 0.939 bits per heavy atom. The molecule has 2 amide bonds. The van der Waals surface area contributed by atoms with Crippen molar-refractivity contribution in [3.8, 4) is 17.1 Å². The minimum absolute atomic E-state index is 0.0462. The number of H-pyrrole nitrogens is 1. The predicted molar refractivity (Wildman–Crippen MR) is 128 cm³/mol. The lowest BCUT2D eigenvalue weighted by Crippen LogP contribution is -2.27. The number of amides is 2. The summed E-state index contributed by atoms with van der Waals surface area (Å²) >= 11 is 0. The Hall–Kier alpha value is -4.13. The minimum atomic E-state index is -0.164. The van der Waals surface area contributed by atoms with Crippen LogP contribution in [0.4, 0.5) is 0 Å². The number of ether oxygens (including phenoxy) is 1. The van der Waals surface area contributed by atoms with Crippen LogP contribution in [-0.4, -0.2) is 35.4 Å². The average molecular weight is 443 g/mol. The first kappa shape index (κ1) is 22.1. The second kappa shape index (κ2) is 10.5. The van der Waals surface area contributed by atoms with Crippen molar-refractivity contribution < 1.29 is 14.3 Å². The molecule has 7 nitrogen and oxygen atoms in total. The third kappa shape index (κ3) is 5.77. The summed E-state index contributed by atoms with van der Waals surface area (Å²) in [7, 11) is 1.58. The summed E-state index contributed by atoms with van der Waals surface area (Å²) < 4.78 is 5.09. The zero-order valence-corrected chi connectivity index (χ0v) is 18.4. The topological polar surface area (TPSA) is 96.1 Å². The normalized spacial score (nSPS) is 10.7. The van der Waals surface area contributed by atoms with E-state index in [9.17, 15) is 9.59 Å². The Bertz CT molecular complexity index is 1200. The average Bonchev–Trinajstić information content (AvgIpc) is 3.30. The van der Waals surface area contributed by atoms with Gasteiger partial charge in [0, 0.05) is 30.6 Å². The van der Waals surface area contributed by atoms with Crippen molar-refractivity contribution in [3.05, 3.63) is 83.9 Å². The maximum atomic E-state index is 12.1. The number of hydrogen-bond acceptors (Lipinski definition) is 4. The second-order valence-electron chi connectivity index (χ2n) is 7.66. The molecule has 7 heteroatoms. The molecule has 0 aliphatic carbocycles. The van der Waals surface area contributed by atoms with Crippen molar-refractivity contribution in [1.29, 1.82) is 0 Å². The van der Waals surface area contributed by atoms with Crippen LogP contribution in [0.1, 0.15) is 28.8 Å². The van der Waals surface area contributed by atoms with Crippen LogP contribution in [0.2, 0.25) is 0 Å². The molecule has 0 saturated carbocycles. The zero-order valence-electron chi connectivity index (χ0n) is 18.4. The fourth-order valence-corrected chi connectivity index (χ4v) is 3.45. The highest BCUT2D eigenvalue weighted by Crippen LogP contribution is 2.20. The fraction of sp³-hybridized carbons (Fsp3) is 0.192. The monoisotopic (exact) mass is 442 g/mol. The van der Waals surface area contributed by atoms with E-state index in [1.54, 1.807) is 31.4 Å². The molecule has 0 fully saturated rings. The first-order valence-electron chi connectivity index (χ1n) is 10.9. The van der Waals surface area contributed by atoms with Gasteiger partial charge in [-0.05, 0) is 48.4 Å². The third-order valence-electron chi connectivity index (χ3n) is 5.32. The molecule has 0 spiro atoms. The smallest absolute Gasteiger partial charge is 0.251 e. The number of fused-ring (bicyclic) bond motifs is 1. The van der Waals surface area contributed by atoms with Gasteiger partial charge in [0.25, 0.3) is 5.91 Å². The van der Waals surface area contributed by atoms with Crippen LogP contribution < -0.4 is 15.4 Å². The van der Waals surface area contributed by atoms with E-state index in [-0.39, 0.29) is 11.8 Å². The molecule has 0 saturated heterocycles. The highest BCUT2D eigenvalue weighted by molar-refractivity contribution is 5.94. The van der Waals surface area contributed by atoms with Gasteiger partial charge in [-0.25, -0.2) is 4.98 Å². The van der Waals surface area contributed by atoms with Gasteiger partial charge in [-0.1, -0.05) is 36.4 Å². The summed E-state index contributed by atoms with van der Waals surface area (Å²) in [5, 5.41) is 5.75. The summed E-state index contributed by atoms with van der Waals surface area (Å²) in [4.78, 5) is 32.2. The van der Waals surface area contributed by atoms with Crippen LogP contribution in [-0.2, 0) is 11.3 Å². The van der Waals surface area contributed by atoms with Crippen LogP contribution in [0, 0.1) is 0 Å². The number of rotatable bonds is 9. The van der Waals surface area contributed by atoms with Crippen molar-refractivity contribution in [3.63, 3.8) is 0 Å². The van der Waals surface area contributed by atoms with Gasteiger partial charge in [0.1, 0.15) is 11.6 Å². The Labute approximate surface area is 192 Å². The molecule has 4 aromatic rings. The number of para-hydroxylation sites is 2. The number of hydrogen-bond donors (Lipinski definition) is 3. The Kier molecular flexibility index (Phi) is 6.99. The number of nitrogens with zero attached hydrogens (tertiary/aromatic N) is 1. The van der Waals surface area contributed by atoms with Gasteiger partial charge >= 0.3 is 0 Å². The highest BCUT2D eigenvalue weighted by atomic mass is 16.5. The maximum Gasteiger partial charge on any atom is 0.251 e. The van der Waals surface area contributed by atoms with Crippen molar-refractivity contribution in [2.45, 2.75) is 19.4 Å². The molecule has 168 valence electrons. The van der Waals surface area contributed by atoms with E-state index in [1.807, 2.05) is 48.5 Å². The number of imidazole rings is 1. The number of aromatic amines is 1. The third-order valence-corrected chi connectivity index (χ3v) is 5.32. The summed E-state index contributed by atoms with van der Waals surface area (Å²) in [5.41, 5.74) is 4.50. The lowest BCUT2D eigenvalue weighted by molar-refractivity contribution is -0.121.